The maximum absolute atomic E-state index is 14.3. The highest BCUT2D eigenvalue weighted by Crippen LogP contribution is 2.29. The monoisotopic (exact) mass is 857 g/mol. The van der Waals surface area contributed by atoms with Gasteiger partial charge in [-0.2, -0.15) is 4.31 Å². The number of carbonyl (C=O) groups is 4. The second kappa shape index (κ2) is 23.8. The predicted octanol–water partition coefficient (Wildman–Crippen LogP) is 6.62. The van der Waals surface area contributed by atoms with Crippen LogP contribution in [0.2, 0.25) is 0 Å². The Morgan fingerprint density at radius 1 is 0.705 bits per heavy atom. The van der Waals surface area contributed by atoms with Crippen LogP contribution in [0.5, 0.6) is 0 Å². The van der Waals surface area contributed by atoms with Crippen LogP contribution in [0.15, 0.2) is 120 Å². The zero-order chi connectivity index (χ0) is 44.4. The topological polar surface area (TPSA) is 195 Å². The van der Waals surface area contributed by atoms with E-state index in [0.29, 0.717) is 18.5 Å². The van der Waals surface area contributed by atoms with Gasteiger partial charge < -0.3 is 35.9 Å². The van der Waals surface area contributed by atoms with E-state index in [1.54, 1.807) is 13.8 Å². The van der Waals surface area contributed by atoms with Gasteiger partial charge in [-0.05, 0) is 72.1 Å². The van der Waals surface area contributed by atoms with E-state index >= 15 is 0 Å². The second-order valence-corrected chi connectivity index (χ2v) is 17.3. The first kappa shape index (κ1) is 47.7. The number of ether oxygens (including phenoxy) is 3. The molecule has 0 heterocycles. The van der Waals surface area contributed by atoms with Gasteiger partial charge in [-0.3, -0.25) is 4.79 Å². The number of nitrogens with one attached hydrogen (secondary N) is 3. The molecule has 0 aliphatic carbocycles. The summed E-state index contributed by atoms with van der Waals surface area (Å²) in [5, 5.41) is 8.28. The molecule has 0 saturated carbocycles. The lowest BCUT2D eigenvalue weighted by molar-refractivity contribution is -0.148. The van der Waals surface area contributed by atoms with E-state index in [0.717, 1.165) is 16.7 Å². The average Bonchev–Trinajstić information content (AvgIpc) is 3.25. The van der Waals surface area contributed by atoms with Gasteiger partial charge in [0.1, 0.15) is 25.3 Å². The molecule has 0 saturated heterocycles. The summed E-state index contributed by atoms with van der Waals surface area (Å²) in [6, 6.07) is 30.8. The summed E-state index contributed by atoms with van der Waals surface area (Å²) in [7, 11) is -2.89. The van der Waals surface area contributed by atoms with Gasteiger partial charge in [-0.15, -0.1) is 0 Å². The molecule has 0 aromatic heterocycles. The molecule has 15 heteroatoms. The number of sulfonamides is 1. The van der Waals surface area contributed by atoms with E-state index in [4.69, 9.17) is 19.9 Å². The first-order chi connectivity index (χ1) is 29.2. The molecule has 0 aliphatic rings. The number of benzene rings is 4. The van der Waals surface area contributed by atoms with Gasteiger partial charge in [0.25, 0.3) is 0 Å². The van der Waals surface area contributed by atoms with Crippen molar-refractivity contribution in [3.63, 3.8) is 0 Å². The van der Waals surface area contributed by atoms with Crippen molar-refractivity contribution in [3.8, 4) is 0 Å². The summed E-state index contributed by atoms with van der Waals surface area (Å²) in [6.45, 7) is 7.28. The van der Waals surface area contributed by atoms with Crippen molar-refractivity contribution in [2.75, 3.05) is 32.5 Å². The van der Waals surface area contributed by atoms with Gasteiger partial charge in [0, 0.05) is 24.7 Å². The van der Waals surface area contributed by atoms with Gasteiger partial charge >= 0.3 is 18.2 Å². The van der Waals surface area contributed by atoms with Crippen molar-refractivity contribution in [3.05, 3.63) is 132 Å². The van der Waals surface area contributed by atoms with E-state index in [1.165, 1.54) is 35.7 Å². The number of hydrogen-bond donors (Lipinski definition) is 4. The van der Waals surface area contributed by atoms with Gasteiger partial charge in [0.15, 0.2) is 0 Å². The maximum atomic E-state index is 14.3. The molecule has 5 N–H and O–H groups in total. The first-order valence-electron chi connectivity index (χ1n) is 20.4. The Morgan fingerprint density at radius 3 is 1.80 bits per heavy atom. The molecule has 61 heavy (non-hydrogen) atoms. The molecule has 0 spiro atoms. The van der Waals surface area contributed by atoms with Crippen LogP contribution in [0.3, 0.4) is 0 Å². The van der Waals surface area contributed by atoms with Crippen molar-refractivity contribution in [1.82, 2.24) is 20.3 Å². The van der Waals surface area contributed by atoms with Crippen molar-refractivity contribution < 1.29 is 41.8 Å². The Balaban J connectivity index is 1.51. The molecule has 1 unspecified atom stereocenters. The van der Waals surface area contributed by atoms with Crippen LogP contribution >= 0.6 is 0 Å². The summed E-state index contributed by atoms with van der Waals surface area (Å²) >= 11 is 0. The molecule has 4 rings (SSSR count). The zero-order valence-electron chi connectivity index (χ0n) is 35.5. The lowest BCUT2D eigenvalue weighted by Gasteiger charge is -2.32. The minimum absolute atomic E-state index is 0.00526. The maximum Gasteiger partial charge on any atom is 0.408 e. The lowest BCUT2D eigenvalue weighted by atomic mass is 9.84. The fraction of sp³-hybridized carbons (Fsp3) is 0.391. The van der Waals surface area contributed by atoms with Gasteiger partial charge in [0.05, 0.1) is 18.0 Å². The van der Waals surface area contributed by atoms with Crippen LogP contribution in [0.25, 0.3) is 0 Å². The minimum atomic E-state index is -4.12. The van der Waals surface area contributed by atoms with Crippen molar-refractivity contribution >= 4 is 39.8 Å². The Morgan fingerprint density at radius 2 is 1.26 bits per heavy atom. The standard InChI is InChI=1S/C46H59N5O9S/c1-32(2)29-51(61(56,57)39-26-24-37(47)25-27-39)38(31-59-44(53)41(33(3)4)49-46(55)60-30-34-17-9-6-10-18-34)23-15-16-28-48-43(52)42(50-45(54)58-5)40(35-19-11-7-12-20-35)36-21-13-8-14-22-36/h6-14,17-22,24-27,32-33,38,40-42H,15-16,23,28-31,47H2,1-5H3,(H,48,52)(H,49,55)(H,50,54)/t38-,41-,42?/m0/s1. The van der Waals surface area contributed by atoms with E-state index in [-0.39, 0.29) is 49.5 Å². The molecular formula is C46H59N5O9S. The Bertz CT molecular complexity index is 2050. The number of alkyl carbamates (subject to hydrolysis) is 2. The van der Waals surface area contributed by atoms with Crippen LogP contribution in [0.4, 0.5) is 15.3 Å². The zero-order valence-corrected chi connectivity index (χ0v) is 36.3. The number of nitrogens with zero attached hydrogens (tertiary/aromatic N) is 1. The van der Waals surface area contributed by atoms with Crippen LogP contribution < -0.4 is 21.7 Å². The Kier molecular flexibility index (Phi) is 18.6. The Labute approximate surface area is 359 Å². The molecule has 3 amide bonds. The predicted molar refractivity (Wildman–Crippen MR) is 234 cm³/mol. The molecule has 4 aromatic rings. The smallest absolute Gasteiger partial charge is 0.408 e. The number of methoxy groups -OCH3 is 1. The number of anilines is 1. The Hall–Kier alpha value is -5.93. The van der Waals surface area contributed by atoms with Gasteiger partial charge in [-0.25, -0.2) is 22.8 Å². The third-order valence-electron chi connectivity index (χ3n) is 9.92. The number of esters is 1. The highest BCUT2D eigenvalue weighted by molar-refractivity contribution is 7.89. The van der Waals surface area contributed by atoms with Crippen LogP contribution in [-0.4, -0.2) is 81.7 Å². The first-order valence-corrected chi connectivity index (χ1v) is 21.9. The van der Waals surface area contributed by atoms with Crippen LogP contribution in [-0.2, 0) is 40.4 Å². The molecule has 328 valence electrons. The largest absolute Gasteiger partial charge is 0.462 e. The fourth-order valence-electron chi connectivity index (χ4n) is 6.76. The van der Waals surface area contributed by atoms with Gasteiger partial charge in [0.2, 0.25) is 15.9 Å². The summed E-state index contributed by atoms with van der Waals surface area (Å²) in [4.78, 5) is 52.9. The van der Waals surface area contributed by atoms with E-state index in [1.807, 2.05) is 105 Å². The number of nitrogen functional groups attached to an aromatic ring is 1. The van der Waals surface area contributed by atoms with Crippen LogP contribution in [0.1, 0.15) is 69.6 Å². The molecule has 0 radical (unpaired) electrons. The molecule has 3 atom stereocenters. The second-order valence-electron chi connectivity index (χ2n) is 15.4. The highest BCUT2D eigenvalue weighted by atomic mass is 32.2. The normalized spacial score (nSPS) is 13.0. The van der Waals surface area contributed by atoms with Crippen molar-refractivity contribution in [2.45, 2.75) is 82.5 Å². The molecular weight excluding hydrogens is 799 g/mol. The number of rotatable bonds is 22. The number of amides is 3. The molecule has 0 aliphatic heterocycles. The number of nitrogens with two attached hydrogens (primary N) is 1. The quantitative estimate of drug-likeness (QED) is 0.0289. The number of carbonyl (C=O) groups excluding carboxylic acids is 4. The molecule has 4 aromatic carbocycles. The minimum Gasteiger partial charge on any atom is -0.462 e. The summed E-state index contributed by atoms with van der Waals surface area (Å²) < 4.78 is 46.0. The van der Waals surface area contributed by atoms with Crippen LogP contribution in [0, 0.1) is 11.8 Å². The fourth-order valence-corrected chi connectivity index (χ4v) is 8.56. The average molecular weight is 858 g/mol. The molecule has 14 nitrogen and oxygen atoms in total. The summed E-state index contributed by atoms with van der Waals surface area (Å²) in [5.41, 5.74) is 8.69. The van der Waals surface area contributed by atoms with Crippen molar-refractivity contribution in [2.24, 2.45) is 11.8 Å². The third-order valence-corrected chi connectivity index (χ3v) is 11.9. The molecule has 0 fully saturated rings. The van der Waals surface area contributed by atoms with E-state index < -0.39 is 58.1 Å². The highest BCUT2D eigenvalue weighted by Gasteiger charge is 2.35. The lowest BCUT2D eigenvalue weighted by Crippen LogP contribution is -2.50. The molecule has 0 bridgehead atoms. The van der Waals surface area contributed by atoms with Gasteiger partial charge in [-0.1, -0.05) is 119 Å². The van der Waals surface area contributed by atoms with E-state index in [2.05, 4.69) is 16.0 Å². The van der Waals surface area contributed by atoms with Crippen molar-refractivity contribution in [1.29, 1.82) is 0 Å². The summed E-state index contributed by atoms with van der Waals surface area (Å²) in [5.74, 6) is -2.21. The third kappa shape index (κ3) is 14.6. The summed E-state index contributed by atoms with van der Waals surface area (Å²) in [6.07, 6.45) is -0.469. The number of hydrogen-bond acceptors (Lipinski definition) is 10. The number of unbranched alkanes of at least 4 members (excludes halogenated alkanes) is 1. The SMILES string of the molecule is COC(=O)NC(C(=O)NCCCC[C@@H](COC(=O)[C@@H](NC(=O)OCc1ccccc1)C(C)C)N(CC(C)C)S(=O)(=O)c1ccc(N)cc1)C(c1ccccc1)c1ccccc1. The van der Waals surface area contributed by atoms with E-state index in [9.17, 15) is 27.6 Å².